The molecule has 17 nitrogen and oxygen atoms in total. The monoisotopic (exact) mass is 1490 g/mol. The molecule has 0 bridgehead atoms. The molecule has 17 heteroatoms. The second-order valence-corrected chi connectivity index (χ2v) is 28.8. The second kappa shape index (κ2) is 113. The fourth-order valence-electron chi connectivity index (χ4n) is 11.2. The zero-order valence-electron chi connectivity index (χ0n) is 69.3. The number of aliphatic carboxylic acids is 7. The summed E-state index contributed by atoms with van der Waals surface area (Å²) in [7, 11) is 0. The van der Waals surface area contributed by atoms with Gasteiger partial charge in [0.1, 0.15) is 6.10 Å². The molecule has 0 radical (unpaired) electrons. The van der Waals surface area contributed by atoms with Crippen LogP contribution < -0.4 is 0 Å². The predicted octanol–water partition coefficient (Wildman–Crippen LogP) is 26.3. The largest absolute Gasteiger partial charge is 0.481 e. The lowest BCUT2D eigenvalue weighted by Crippen LogP contribution is -2.15. The molecule has 104 heavy (non-hydrogen) atoms. The van der Waals surface area contributed by atoms with E-state index in [0.29, 0.717) is 44.9 Å². The van der Waals surface area contributed by atoms with Crippen LogP contribution in [-0.2, 0) is 33.6 Å². The van der Waals surface area contributed by atoms with Gasteiger partial charge < -0.3 is 51.1 Å². The number of hydrogen-bond donors (Lipinski definition) is 10. The van der Waals surface area contributed by atoms with Crippen molar-refractivity contribution in [2.24, 2.45) is 0 Å². The number of aliphatic hydroxyl groups excluding tert-OH is 3. The number of unbranched alkanes of at least 4 members (excludes halogenated alkanes) is 56. The Balaban J connectivity index is -0.000000170. The summed E-state index contributed by atoms with van der Waals surface area (Å²) in [6, 6.07) is 0. The molecule has 0 saturated carbocycles. The number of carboxylic acids is 7. The highest BCUT2D eigenvalue weighted by Gasteiger charge is 2.03. The van der Waals surface area contributed by atoms with Gasteiger partial charge in [-0.2, -0.15) is 0 Å². The molecular formula is C87H176O17. The smallest absolute Gasteiger partial charge is 0.303 e. The summed E-state index contributed by atoms with van der Waals surface area (Å²) in [5, 5.41) is 82.9. The Labute approximate surface area is 640 Å². The van der Waals surface area contributed by atoms with Crippen molar-refractivity contribution < 1.29 is 84.6 Å². The summed E-state index contributed by atoms with van der Waals surface area (Å²) in [5.41, 5.74) is 0. The molecule has 0 aliphatic heterocycles. The van der Waals surface area contributed by atoms with E-state index in [1.54, 1.807) is 0 Å². The van der Waals surface area contributed by atoms with Crippen LogP contribution in [0.1, 0.15) is 498 Å². The lowest BCUT2D eigenvalue weighted by molar-refractivity contribution is -0.138. The van der Waals surface area contributed by atoms with Gasteiger partial charge in [0.15, 0.2) is 0 Å². The Hall–Kier alpha value is -3.83. The number of carboxylic acid groups (broad SMARTS) is 7. The van der Waals surface area contributed by atoms with Crippen LogP contribution in [0.3, 0.4) is 0 Å². The maximum absolute atomic E-state index is 10.2. The fraction of sp³-hybridized carbons (Fsp3) is 0.920. The molecule has 0 fully saturated rings. The number of rotatable bonds is 72. The van der Waals surface area contributed by atoms with Crippen LogP contribution in [0.25, 0.3) is 0 Å². The molecule has 626 valence electrons. The van der Waals surface area contributed by atoms with Gasteiger partial charge in [-0.1, -0.05) is 408 Å². The second-order valence-electron chi connectivity index (χ2n) is 28.8. The van der Waals surface area contributed by atoms with Gasteiger partial charge in [-0.3, -0.25) is 33.6 Å². The van der Waals surface area contributed by atoms with Gasteiger partial charge in [0.25, 0.3) is 0 Å². The van der Waals surface area contributed by atoms with Crippen LogP contribution in [0.15, 0.2) is 0 Å². The first-order valence-corrected chi connectivity index (χ1v) is 43.6. The molecule has 0 heterocycles. The van der Waals surface area contributed by atoms with Crippen molar-refractivity contribution >= 4 is 41.8 Å². The molecule has 0 atom stereocenters. The normalized spacial score (nSPS) is 10.3. The van der Waals surface area contributed by atoms with Crippen LogP contribution in [0, 0.1) is 0 Å². The van der Waals surface area contributed by atoms with Crippen molar-refractivity contribution in [2.45, 2.75) is 504 Å². The molecule has 0 unspecified atom stereocenters. The van der Waals surface area contributed by atoms with Gasteiger partial charge in [-0.05, 0) is 44.9 Å². The van der Waals surface area contributed by atoms with E-state index >= 15 is 0 Å². The molecule has 10 N–H and O–H groups in total. The van der Waals surface area contributed by atoms with Crippen LogP contribution >= 0.6 is 0 Å². The number of carbonyl (C=O) groups is 7. The molecule has 0 aromatic carbocycles. The summed E-state index contributed by atoms with van der Waals surface area (Å²) < 4.78 is 0. The van der Waals surface area contributed by atoms with Crippen molar-refractivity contribution in [2.75, 3.05) is 13.2 Å². The number of hydrogen-bond acceptors (Lipinski definition) is 10. The van der Waals surface area contributed by atoms with E-state index in [4.69, 9.17) is 51.1 Å². The highest BCUT2D eigenvalue weighted by Crippen LogP contribution is 2.17. The lowest BCUT2D eigenvalue weighted by atomic mass is 10.1. The zero-order valence-corrected chi connectivity index (χ0v) is 69.3. The van der Waals surface area contributed by atoms with E-state index in [0.717, 1.165) is 89.9 Å². The molecule has 0 saturated heterocycles. The van der Waals surface area contributed by atoms with Crippen molar-refractivity contribution in [3.8, 4) is 0 Å². The van der Waals surface area contributed by atoms with Crippen molar-refractivity contribution in [1.29, 1.82) is 0 Å². The molecular weight excluding hydrogens is 1320 g/mol. The highest BCUT2D eigenvalue weighted by atomic mass is 16.4. The van der Waals surface area contributed by atoms with E-state index in [2.05, 4.69) is 48.5 Å². The van der Waals surface area contributed by atoms with Crippen molar-refractivity contribution in [3.05, 3.63) is 0 Å². The van der Waals surface area contributed by atoms with Crippen molar-refractivity contribution in [3.63, 3.8) is 0 Å². The topological polar surface area (TPSA) is 322 Å². The van der Waals surface area contributed by atoms with Crippen LogP contribution in [0.4, 0.5) is 0 Å². The minimum atomic E-state index is -0.954. The van der Waals surface area contributed by atoms with E-state index in [-0.39, 0.29) is 13.2 Å². The van der Waals surface area contributed by atoms with Crippen molar-refractivity contribution in [1.82, 2.24) is 0 Å². The zero-order chi connectivity index (χ0) is 79.5. The van der Waals surface area contributed by atoms with Gasteiger partial charge in [0, 0.05) is 44.9 Å². The summed E-state index contributed by atoms with van der Waals surface area (Å²) in [4.78, 5) is 71.4. The average Bonchev–Trinajstić information content (AvgIpc) is 3.85. The maximum Gasteiger partial charge on any atom is 0.303 e. The van der Waals surface area contributed by atoms with E-state index < -0.39 is 47.9 Å². The Morgan fingerprint density at radius 2 is 0.240 bits per heavy atom. The van der Waals surface area contributed by atoms with Gasteiger partial charge in [-0.15, -0.1) is 0 Å². The first-order chi connectivity index (χ1) is 50.2. The van der Waals surface area contributed by atoms with E-state index in [9.17, 15) is 33.6 Å². The summed E-state index contributed by atoms with van der Waals surface area (Å²) in [5.74, 6) is -4.62. The third-order valence-corrected chi connectivity index (χ3v) is 17.9. The fourth-order valence-corrected chi connectivity index (χ4v) is 11.2. The van der Waals surface area contributed by atoms with Gasteiger partial charge >= 0.3 is 41.8 Å². The third kappa shape index (κ3) is 156. The summed E-state index contributed by atoms with van der Waals surface area (Å²) in [6.45, 7) is 14.9. The Bertz CT molecular complexity index is 1330. The van der Waals surface area contributed by atoms with Gasteiger partial charge in [0.05, 0.1) is 13.2 Å². The van der Waals surface area contributed by atoms with E-state index in [1.807, 2.05) is 0 Å². The maximum atomic E-state index is 10.2. The molecule has 0 aliphatic rings. The molecule has 0 spiro atoms. The standard InChI is InChI=1S/7C12H24O2.C3H8O3/c7*1-2-3-4-5-6-7-8-9-10-11-12(13)14;4-1-3(6)2-5/h7*2-11H2,1H3,(H,13,14);3-6H,1-2H2. The van der Waals surface area contributed by atoms with Crippen LogP contribution in [0.5, 0.6) is 0 Å². The number of aliphatic hydroxyl groups is 3. The minimum absolute atomic E-state index is 0.343. The van der Waals surface area contributed by atoms with E-state index in [1.165, 1.54) is 315 Å². The Morgan fingerprint density at radius 3 is 0.298 bits per heavy atom. The minimum Gasteiger partial charge on any atom is -0.481 e. The molecule has 0 rings (SSSR count). The Kier molecular flexibility index (Phi) is 125. The van der Waals surface area contributed by atoms with Crippen LogP contribution in [0.2, 0.25) is 0 Å². The highest BCUT2D eigenvalue weighted by molar-refractivity contribution is 5.68. The van der Waals surface area contributed by atoms with Gasteiger partial charge in [0.2, 0.25) is 0 Å². The third-order valence-electron chi connectivity index (χ3n) is 17.9. The molecule has 0 aliphatic carbocycles. The quantitative estimate of drug-likeness (QED) is 0.0253. The first kappa shape index (κ1) is 116. The predicted molar refractivity (Wildman–Crippen MR) is 437 cm³/mol. The first-order valence-electron chi connectivity index (χ1n) is 43.6. The Morgan fingerprint density at radius 1 is 0.163 bits per heavy atom. The lowest BCUT2D eigenvalue weighted by Gasteiger charge is -2.00. The molecule has 0 amide bonds. The summed E-state index contributed by atoms with van der Waals surface area (Å²) >= 11 is 0. The molecule has 0 aromatic rings. The SMILES string of the molecule is CCCCCCCCCCCC(=O)O.CCCCCCCCCCCC(=O)O.CCCCCCCCCCCC(=O)O.CCCCCCCCCCCC(=O)O.CCCCCCCCCCCC(=O)O.CCCCCCCCCCCC(=O)O.CCCCCCCCCCCC(=O)O.OCC(O)CO. The molecule has 0 aromatic heterocycles. The average molecular weight is 1490 g/mol. The summed E-state index contributed by atoms with van der Waals surface area (Å²) in [6.07, 6.45) is 79.4. The van der Waals surface area contributed by atoms with Gasteiger partial charge in [-0.25, -0.2) is 0 Å². The van der Waals surface area contributed by atoms with Crippen LogP contribution in [-0.4, -0.2) is 112 Å².